The fourth-order valence-electron chi connectivity index (χ4n) is 2.19. The molecule has 0 aromatic carbocycles. The molecule has 1 saturated heterocycles. The molecule has 0 bridgehead atoms. The normalized spacial score (nSPS) is 28.0. The molecule has 13 heavy (non-hydrogen) atoms. The third-order valence-corrected chi connectivity index (χ3v) is 7.61. The van der Waals surface area contributed by atoms with Crippen LogP contribution in [-0.4, -0.2) is 20.4 Å². The predicted octanol–water partition coefficient (Wildman–Crippen LogP) is 3.31. The summed E-state index contributed by atoms with van der Waals surface area (Å²) in [5, 5.41) is 0. The van der Waals surface area contributed by atoms with Crippen molar-refractivity contribution in [3.63, 3.8) is 0 Å². The van der Waals surface area contributed by atoms with Crippen molar-refractivity contribution in [1.82, 2.24) is 0 Å². The van der Waals surface area contributed by atoms with Crippen molar-refractivity contribution < 1.29 is 4.74 Å². The highest BCUT2D eigenvalue weighted by Crippen LogP contribution is 2.27. The van der Waals surface area contributed by atoms with Crippen LogP contribution in [0.2, 0.25) is 12.6 Å². The Labute approximate surface area is 83.2 Å². The molecule has 2 unspecified atom stereocenters. The lowest BCUT2D eigenvalue weighted by molar-refractivity contribution is 0.0604. The van der Waals surface area contributed by atoms with E-state index in [1.165, 1.54) is 31.7 Å². The van der Waals surface area contributed by atoms with Crippen LogP contribution in [0, 0.1) is 0 Å². The van der Waals surface area contributed by atoms with Crippen molar-refractivity contribution >= 4 is 8.07 Å². The standard InChI is InChI=1S/C11H22OSi/c1-4-10-13(3,5-2)11-8-6-7-9-12-11/h5,11H,2,4,6-10H2,1,3H3. The molecule has 2 atom stereocenters. The van der Waals surface area contributed by atoms with E-state index >= 15 is 0 Å². The van der Waals surface area contributed by atoms with Gasteiger partial charge in [-0.25, -0.2) is 0 Å². The summed E-state index contributed by atoms with van der Waals surface area (Å²) >= 11 is 0. The molecule has 1 heterocycles. The molecule has 1 nitrogen and oxygen atoms in total. The maximum Gasteiger partial charge on any atom is 0.107 e. The summed E-state index contributed by atoms with van der Waals surface area (Å²) < 4.78 is 5.88. The van der Waals surface area contributed by atoms with Crippen molar-refractivity contribution in [2.75, 3.05) is 6.61 Å². The van der Waals surface area contributed by atoms with Crippen LogP contribution < -0.4 is 0 Å². The Hall–Kier alpha value is -0.0831. The highest BCUT2D eigenvalue weighted by Gasteiger charge is 2.34. The summed E-state index contributed by atoms with van der Waals surface area (Å²) in [6.45, 7) is 9.66. The van der Waals surface area contributed by atoms with Crippen molar-refractivity contribution in [3.8, 4) is 0 Å². The third kappa shape index (κ3) is 2.68. The maximum atomic E-state index is 5.88. The van der Waals surface area contributed by atoms with E-state index in [1.807, 2.05) is 0 Å². The van der Waals surface area contributed by atoms with E-state index in [1.54, 1.807) is 0 Å². The van der Waals surface area contributed by atoms with E-state index in [9.17, 15) is 0 Å². The molecule has 0 saturated carbocycles. The van der Waals surface area contributed by atoms with Gasteiger partial charge in [0.25, 0.3) is 0 Å². The van der Waals surface area contributed by atoms with Crippen LogP contribution in [0.5, 0.6) is 0 Å². The first-order valence-corrected chi connectivity index (χ1v) is 8.34. The van der Waals surface area contributed by atoms with E-state index in [0.717, 1.165) is 6.61 Å². The zero-order chi connectivity index (χ0) is 9.73. The Morgan fingerprint density at radius 2 is 2.31 bits per heavy atom. The average molecular weight is 198 g/mol. The van der Waals surface area contributed by atoms with E-state index in [0.29, 0.717) is 5.73 Å². The molecule has 0 N–H and O–H groups in total. The van der Waals surface area contributed by atoms with Crippen molar-refractivity contribution in [3.05, 3.63) is 12.3 Å². The minimum atomic E-state index is -1.28. The summed E-state index contributed by atoms with van der Waals surface area (Å²) in [6, 6.07) is 1.33. The first-order chi connectivity index (χ1) is 6.23. The van der Waals surface area contributed by atoms with Crippen LogP contribution in [0.25, 0.3) is 0 Å². The van der Waals surface area contributed by atoms with Gasteiger partial charge in [-0.1, -0.05) is 31.6 Å². The number of hydrogen-bond acceptors (Lipinski definition) is 1. The van der Waals surface area contributed by atoms with Gasteiger partial charge in [-0.3, -0.25) is 0 Å². The average Bonchev–Trinajstić information content (AvgIpc) is 2.19. The molecule has 0 amide bonds. The smallest absolute Gasteiger partial charge is 0.107 e. The fourth-order valence-corrected chi connectivity index (χ4v) is 5.42. The first-order valence-electron chi connectivity index (χ1n) is 5.48. The molecule has 76 valence electrons. The van der Waals surface area contributed by atoms with Gasteiger partial charge in [-0.15, -0.1) is 6.58 Å². The van der Waals surface area contributed by atoms with Gasteiger partial charge in [-0.2, -0.15) is 0 Å². The molecule has 0 radical (unpaired) electrons. The lowest BCUT2D eigenvalue weighted by Gasteiger charge is -2.35. The number of rotatable bonds is 4. The summed E-state index contributed by atoms with van der Waals surface area (Å²) in [6.07, 6.45) is 5.15. The van der Waals surface area contributed by atoms with E-state index < -0.39 is 8.07 Å². The molecule has 1 aliphatic heterocycles. The van der Waals surface area contributed by atoms with Crippen LogP contribution in [0.1, 0.15) is 32.6 Å². The highest BCUT2D eigenvalue weighted by molar-refractivity contribution is 6.84. The molecular formula is C11H22OSi. The molecule has 0 spiro atoms. The van der Waals surface area contributed by atoms with Crippen LogP contribution in [0.15, 0.2) is 12.3 Å². The molecule has 2 heteroatoms. The zero-order valence-electron chi connectivity index (χ0n) is 9.01. The summed E-state index contributed by atoms with van der Waals surface area (Å²) in [7, 11) is -1.28. The topological polar surface area (TPSA) is 9.23 Å². The zero-order valence-corrected chi connectivity index (χ0v) is 10.0. The van der Waals surface area contributed by atoms with Crippen LogP contribution in [-0.2, 0) is 4.74 Å². The van der Waals surface area contributed by atoms with Crippen molar-refractivity contribution in [2.24, 2.45) is 0 Å². The van der Waals surface area contributed by atoms with Crippen LogP contribution >= 0.6 is 0 Å². The van der Waals surface area contributed by atoms with E-state index in [-0.39, 0.29) is 0 Å². The van der Waals surface area contributed by atoms with Gasteiger partial charge < -0.3 is 4.74 Å². The molecule has 1 rings (SSSR count). The fraction of sp³-hybridized carbons (Fsp3) is 0.818. The second kappa shape index (κ2) is 4.96. The molecule has 1 fully saturated rings. The number of hydrogen-bond donors (Lipinski definition) is 0. The quantitative estimate of drug-likeness (QED) is 0.630. The van der Waals surface area contributed by atoms with Gasteiger partial charge in [0.1, 0.15) is 8.07 Å². The van der Waals surface area contributed by atoms with E-state index in [4.69, 9.17) is 4.74 Å². The summed E-state index contributed by atoms with van der Waals surface area (Å²) in [5.74, 6) is 0. The lowest BCUT2D eigenvalue weighted by Crippen LogP contribution is -2.46. The minimum absolute atomic E-state index is 0.554. The second-order valence-corrected chi connectivity index (χ2v) is 8.88. The highest BCUT2D eigenvalue weighted by atomic mass is 28.3. The molecule has 0 aromatic heterocycles. The summed E-state index contributed by atoms with van der Waals surface area (Å²) in [4.78, 5) is 0. The predicted molar refractivity (Wildman–Crippen MR) is 60.5 cm³/mol. The van der Waals surface area contributed by atoms with Gasteiger partial charge >= 0.3 is 0 Å². The molecule has 0 aliphatic carbocycles. The minimum Gasteiger partial charge on any atom is -0.381 e. The van der Waals surface area contributed by atoms with Gasteiger partial charge in [0.2, 0.25) is 0 Å². The second-order valence-electron chi connectivity index (χ2n) is 4.32. The van der Waals surface area contributed by atoms with Crippen LogP contribution in [0.3, 0.4) is 0 Å². The van der Waals surface area contributed by atoms with Gasteiger partial charge in [0.15, 0.2) is 0 Å². The third-order valence-electron chi connectivity index (χ3n) is 3.17. The Kier molecular flexibility index (Phi) is 4.20. The van der Waals surface area contributed by atoms with Gasteiger partial charge in [0, 0.05) is 6.61 Å². The summed E-state index contributed by atoms with van der Waals surface area (Å²) in [5.41, 5.74) is 2.78. The Morgan fingerprint density at radius 3 is 2.77 bits per heavy atom. The van der Waals surface area contributed by atoms with Crippen molar-refractivity contribution in [2.45, 2.75) is 50.9 Å². The van der Waals surface area contributed by atoms with Gasteiger partial charge in [-0.05, 0) is 19.3 Å². The molecule has 0 aromatic rings. The van der Waals surface area contributed by atoms with Gasteiger partial charge in [0.05, 0.1) is 5.73 Å². The van der Waals surface area contributed by atoms with Crippen molar-refractivity contribution in [1.29, 1.82) is 0 Å². The molecular weight excluding hydrogens is 176 g/mol. The van der Waals surface area contributed by atoms with E-state index in [2.05, 4.69) is 25.7 Å². The lowest BCUT2D eigenvalue weighted by atomic mass is 10.2. The SMILES string of the molecule is C=C[Si](C)(CCC)C1CCCCO1. The largest absolute Gasteiger partial charge is 0.381 e. The Bertz CT molecular complexity index is 163. The number of ether oxygens (including phenoxy) is 1. The van der Waals surface area contributed by atoms with Crippen LogP contribution in [0.4, 0.5) is 0 Å². The monoisotopic (exact) mass is 198 g/mol. The Morgan fingerprint density at radius 1 is 1.54 bits per heavy atom. The first kappa shape index (κ1) is 11.0. The Balaban J connectivity index is 2.56. The molecule has 1 aliphatic rings. The maximum absolute atomic E-state index is 5.88.